The van der Waals surface area contributed by atoms with Gasteiger partial charge >= 0.3 is 0 Å². The van der Waals surface area contributed by atoms with Gasteiger partial charge in [0, 0.05) is 0 Å². The summed E-state index contributed by atoms with van der Waals surface area (Å²) in [5.41, 5.74) is 1.41. The predicted molar refractivity (Wildman–Crippen MR) is 63.2 cm³/mol. The third kappa shape index (κ3) is 9.37. The minimum atomic E-state index is 0.741. The summed E-state index contributed by atoms with van der Waals surface area (Å²) in [6.45, 7) is 13.0. The quantitative estimate of drug-likeness (QED) is 0.435. The van der Waals surface area contributed by atoms with Crippen molar-refractivity contribution in [3.8, 4) is 0 Å². The van der Waals surface area contributed by atoms with Gasteiger partial charge in [0.15, 0.2) is 0 Å². The molecule has 0 aliphatic carbocycles. The molecule has 0 radical (unpaired) electrons. The van der Waals surface area contributed by atoms with E-state index in [4.69, 9.17) is 4.74 Å². The molecule has 0 rings (SSSR count). The van der Waals surface area contributed by atoms with Gasteiger partial charge in [-0.1, -0.05) is 25.2 Å². The molecule has 0 fully saturated rings. The number of hydrogen-bond acceptors (Lipinski definition) is 1. The lowest BCUT2D eigenvalue weighted by Gasteiger charge is -2.10. The van der Waals surface area contributed by atoms with Gasteiger partial charge in [0.25, 0.3) is 0 Å². The molecule has 0 aliphatic rings. The molecule has 0 aromatic heterocycles. The van der Waals surface area contributed by atoms with Crippen LogP contribution in [0, 0.1) is 5.92 Å². The van der Waals surface area contributed by atoms with Crippen LogP contribution in [0.3, 0.4) is 0 Å². The van der Waals surface area contributed by atoms with E-state index in [9.17, 15) is 0 Å². The molecule has 1 unspecified atom stereocenters. The minimum absolute atomic E-state index is 0.741. The molecule has 0 spiro atoms. The molecule has 0 bridgehead atoms. The molecular formula is C13H24O. The second-order valence-electron chi connectivity index (χ2n) is 4.30. The van der Waals surface area contributed by atoms with Crippen LogP contribution >= 0.6 is 0 Å². The zero-order chi connectivity index (χ0) is 11.0. The van der Waals surface area contributed by atoms with Crippen LogP contribution in [0.1, 0.15) is 47.0 Å². The number of rotatable bonds is 7. The van der Waals surface area contributed by atoms with Crippen LogP contribution in [0.2, 0.25) is 0 Å². The number of allylic oxidation sites excluding steroid dienone is 3. The Bertz CT molecular complexity index is 187. The first kappa shape index (κ1) is 13.3. The second kappa shape index (κ2) is 7.66. The summed E-state index contributed by atoms with van der Waals surface area (Å²) in [6.07, 6.45) is 5.88. The van der Waals surface area contributed by atoms with E-state index in [1.807, 2.05) is 6.92 Å². The lowest BCUT2D eigenvalue weighted by molar-refractivity contribution is 0.194. The van der Waals surface area contributed by atoms with Crippen LogP contribution in [0.5, 0.6) is 0 Å². The zero-order valence-electron chi connectivity index (χ0n) is 10.1. The Labute approximate surface area is 88.9 Å². The van der Waals surface area contributed by atoms with E-state index < -0.39 is 0 Å². The molecule has 0 saturated heterocycles. The van der Waals surface area contributed by atoms with Gasteiger partial charge in [-0.2, -0.15) is 0 Å². The summed E-state index contributed by atoms with van der Waals surface area (Å²) in [7, 11) is 0. The number of hydrogen-bond donors (Lipinski definition) is 0. The van der Waals surface area contributed by atoms with Gasteiger partial charge in [-0.3, -0.25) is 0 Å². The summed E-state index contributed by atoms with van der Waals surface area (Å²) in [5, 5.41) is 0. The molecule has 0 heterocycles. The van der Waals surface area contributed by atoms with Crippen molar-refractivity contribution in [1.29, 1.82) is 0 Å². The van der Waals surface area contributed by atoms with Crippen molar-refractivity contribution in [2.24, 2.45) is 5.92 Å². The summed E-state index contributed by atoms with van der Waals surface area (Å²) in [4.78, 5) is 0. The van der Waals surface area contributed by atoms with Crippen LogP contribution in [-0.2, 0) is 4.74 Å². The fourth-order valence-electron chi connectivity index (χ4n) is 1.24. The Morgan fingerprint density at radius 3 is 2.43 bits per heavy atom. The molecular weight excluding hydrogens is 172 g/mol. The fraction of sp³-hybridized carbons (Fsp3) is 0.692. The number of ether oxygens (including phenoxy) is 1. The lowest BCUT2D eigenvalue weighted by atomic mass is 10.0. The van der Waals surface area contributed by atoms with Crippen molar-refractivity contribution in [1.82, 2.24) is 0 Å². The largest absolute Gasteiger partial charge is 0.499 e. The first-order valence-corrected chi connectivity index (χ1v) is 5.44. The van der Waals surface area contributed by atoms with E-state index in [0.29, 0.717) is 0 Å². The highest BCUT2D eigenvalue weighted by atomic mass is 16.5. The SMILES string of the molecule is C=C(C)OCCC(C)CCC=C(C)C. The van der Waals surface area contributed by atoms with Crippen molar-refractivity contribution in [3.63, 3.8) is 0 Å². The van der Waals surface area contributed by atoms with Gasteiger partial charge in [0.2, 0.25) is 0 Å². The highest BCUT2D eigenvalue weighted by molar-refractivity contribution is 4.92. The molecule has 14 heavy (non-hydrogen) atoms. The van der Waals surface area contributed by atoms with Gasteiger partial charge < -0.3 is 4.74 Å². The first-order valence-electron chi connectivity index (χ1n) is 5.44. The lowest BCUT2D eigenvalue weighted by Crippen LogP contribution is -2.00. The maximum Gasteiger partial charge on any atom is 0.0879 e. The summed E-state index contributed by atoms with van der Waals surface area (Å²) >= 11 is 0. The van der Waals surface area contributed by atoms with Crippen molar-refractivity contribution in [2.45, 2.75) is 47.0 Å². The maximum atomic E-state index is 5.33. The van der Waals surface area contributed by atoms with Crippen molar-refractivity contribution < 1.29 is 4.74 Å². The molecule has 1 nitrogen and oxygen atoms in total. The van der Waals surface area contributed by atoms with Gasteiger partial charge in [-0.15, -0.1) is 0 Å². The van der Waals surface area contributed by atoms with Gasteiger partial charge in [0.1, 0.15) is 0 Å². The predicted octanol–water partition coefficient (Wildman–Crippen LogP) is 4.31. The highest BCUT2D eigenvalue weighted by Crippen LogP contribution is 2.12. The molecule has 82 valence electrons. The molecule has 0 aromatic carbocycles. The van der Waals surface area contributed by atoms with Gasteiger partial charge in [-0.05, 0) is 46.0 Å². The van der Waals surface area contributed by atoms with E-state index in [1.165, 1.54) is 18.4 Å². The van der Waals surface area contributed by atoms with Crippen LogP contribution in [-0.4, -0.2) is 6.61 Å². The highest BCUT2D eigenvalue weighted by Gasteiger charge is 2.00. The summed E-state index contributed by atoms with van der Waals surface area (Å²) in [6, 6.07) is 0. The zero-order valence-corrected chi connectivity index (χ0v) is 10.1. The van der Waals surface area contributed by atoms with Gasteiger partial charge in [0.05, 0.1) is 12.4 Å². The van der Waals surface area contributed by atoms with Crippen LogP contribution in [0.4, 0.5) is 0 Å². The van der Waals surface area contributed by atoms with Crippen molar-refractivity contribution >= 4 is 0 Å². The van der Waals surface area contributed by atoms with E-state index in [-0.39, 0.29) is 0 Å². The van der Waals surface area contributed by atoms with E-state index in [0.717, 1.165) is 24.7 Å². The molecule has 0 amide bonds. The minimum Gasteiger partial charge on any atom is -0.499 e. The maximum absolute atomic E-state index is 5.33. The third-order valence-corrected chi connectivity index (χ3v) is 2.17. The molecule has 0 aromatic rings. The van der Waals surface area contributed by atoms with E-state index >= 15 is 0 Å². The van der Waals surface area contributed by atoms with E-state index in [2.05, 4.69) is 33.4 Å². The standard InChI is InChI=1S/C13H24O/c1-11(2)7-6-8-13(5)9-10-14-12(3)4/h7,13H,3,6,8-10H2,1-2,4-5H3. The molecule has 1 atom stereocenters. The van der Waals surface area contributed by atoms with Crippen LogP contribution in [0.15, 0.2) is 24.0 Å². The Morgan fingerprint density at radius 1 is 1.29 bits per heavy atom. The molecule has 1 heteroatoms. The van der Waals surface area contributed by atoms with Crippen molar-refractivity contribution in [2.75, 3.05) is 6.61 Å². The fourth-order valence-corrected chi connectivity index (χ4v) is 1.24. The van der Waals surface area contributed by atoms with E-state index in [1.54, 1.807) is 0 Å². The molecule has 0 saturated carbocycles. The average molecular weight is 196 g/mol. The first-order chi connectivity index (χ1) is 6.52. The smallest absolute Gasteiger partial charge is 0.0879 e. The van der Waals surface area contributed by atoms with Crippen LogP contribution in [0.25, 0.3) is 0 Å². The topological polar surface area (TPSA) is 9.23 Å². The normalized spacial score (nSPS) is 12.0. The third-order valence-electron chi connectivity index (χ3n) is 2.17. The second-order valence-corrected chi connectivity index (χ2v) is 4.30. The summed E-state index contributed by atoms with van der Waals surface area (Å²) < 4.78 is 5.33. The van der Waals surface area contributed by atoms with Gasteiger partial charge in [-0.25, -0.2) is 0 Å². The Balaban J connectivity index is 3.41. The Kier molecular flexibility index (Phi) is 7.27. The Morgan fingerprint density at radius 2 is 1.93 bits per heavy atom. The summed E-state index contributed by atoms with van der Waals surface area (Å²) in [5.74, 6) is 1.56. The average Bonchev–Trinajstić information content (AvgIpc) is 2.02. The van der Waals surface area contributed by atoms with Crippen LogP contribution < -0.4 is 0 Å². The van der Waals surface area contributed by atoms with Crippen molar-refractivity contribution in [3.05, 3.63) is 24.0 Å². The molecule has 0 N–H and O–H groups in total. The monoisotopic (exact) mass is 196 g/mol. The molecule has 0 aliphatic heterocycles. The Hall–Kier alpha value is -0.720.